The molecule has 1 atom stereocenters. The van der Waals surface area contributed by atoms with Gasteiger partial charge in [-0.3, -0.25) is 0 Å². The summed E-state index contributed by atoms with van der Waals surface area (Å²) < 4.78 is 19.8. The minimum Gasteiger partial charge on any atom is -0.490 e. The third kappa shape index (κ3) is 3.20. The minimum absolute atomic E-state index is 0.163. The highest BCUT2D eigenvalue weighted by Gasteiger charge is 2.25. The van der Waals surface area contributed by atoms with Gasteiger partial charge in [0.25, 0.3) is 0 Å². The van der Waals surface area contributed by atoms with E-state index in [2.05, 4.69) is 9.59 Å². The van der Waals surface area contributed by atoms with E-state index >= 15 is 0 Å². The first-order valence-electron chi connectivity index (χ1n) is 6.63. The highest BCUT2D eigenvalue weighted by atomic mass is 32.1. The average molecular weight is 306 g/mol. The fourth-order valence-corrected chi connectivity index (χ4v) is 2.41. The average Bonchev–Trinajstić information content (AvgIpc) is 3.20. The van der Waals surface area contributed by atoms with E-state index in [-0.39, 0.29) is 6.10 Å². The number of epoxide rings is 1. The molecule has 1 aromatic carbocycles. The molecular weight excluding hydrogens is 292 g/mol. The van der Waals surface area contributed by atoms with E-state index in [1.165, 1.54) is 0 Å². The maximum absolute atomic E-state index is 11.9. The fraction of sp³-hybridized carbons (Fsp3) is 0.357. The molecule has 0 saturated carbocycles. The number of nitrogens with zero attached hydrogens (tertiary/aromatic N) is 2. The first-order chi connectivity index (χ1) is 10.3. The predicted molar refractivity (Wildman–Crippen MR) is 76.5 cm³/mol. The molecule has 0 spiro atoms. The second-order valence-corrected chi connectivity index (χ2v) is 5.19. The molecule has 1 fully saturated rings. The van der Waals surface area contributed by atoms with E-state index < -0.39 is 5.97 Å². The van der Waals surface area contributed by atoms with E-state index in [0.29, 0.717) is 29.5 Å². The second kappa shape index (κ2) is 6.19. The van der Waals surface area contributed by atoms with Gasteiger partial charge in [0.05, 0.1) is 13.2 Å². The maximum atomic E-state index is 11.9. The van der Waals surface area contributed by atoms with Crippen molar-refractivity contribution < 1.29 is 19.0 Å². The number of benzene rings is 1. The Labute approximate surface area is 125 Å². The van der Waals surface area contributed by atoms with Crippen LogP contribution in [-0.2, 0) is 9.47 Å². The van der Waals surface area contributed by atoms with Crippen molar-refractivity contribution in [1.82, 2.24) is 9.59 Å². The van der Waals surface area contributed by atoms with Crippen LogP contribution in [-0.4, -0.2) is 41.5 Å². The van der Waals surface area contributed by atoms with Gasteiger partial charge in [0, 0.05) is 5.56 Å². The third-order valence-electron chi connectivity index (χ3n) is 2.92. The van der Waals surface area contributed by atoms with Crippen LogP contribution >= 0.6 is 11.5 Å². The third-order valence-corrected chi connectivity index (χ3v) is 3.62. The number of ether oxygens (including phenoxy) is 3. The van der Waals surface area contributed by atoms with Gasteiger partial charge in [-0.15, -0.1) is 5.10 Å². The summed E-state index contributed by atoms with van der Waals surface area (Å²) in [6.45, 7) is 3.30. The van der Waals surface area contributed by atoms with E-state index in [1.54, 1.807) is 6.92 Å². The van der Waals surface area contributed by atoms with Crippen LogP contribution in [0.25, 0.3) is 11.3 Å². The SMILES string of the molecule is CCOC(=O)c1snnc1-c1ccccc1OCC1CO1. The van der Waals surface area contributed by atoms with E-state index in [1.807, 2.05) is 24.3 Å². The van der Waals surface area contributed by atoms with Gasteiger partial charge < -0.3 is 14.2 Å². The highest BCUT2D eigenvalue weighted by molar-refractivity contribution is 7.08. The first-order valence-corrected chi connectivity index (χ1v) is 7.40. The van der Waals surface area contributed by atoms with Gasteiger partial charge in [0.2, 0.25) is 0 Å². The summed E-state index contributed by atoms with van der Waals surface area (Å²) in [5.41, 5.74) is 1.22. The summed E-state index contributed by atoms with van der Waals surface area (Å²) in [7, 11) is 0. The van der Waals surface area contributed by atoms with Crippen molar-refractivity contribution >= 4 is 17.5 Å². The molecule has 1 unspecified atom stereocenters. The smallest absolute Gasteiger partial charge is 0.352 e. The van der Waals surface area contributed by atoms with Crippen molar-refractivity contribution in [2.45, 2.75) is 13.0 Å². The zero-order valence-corrected chi connectivity index (χ0v) is 12.3. The van der Waals surface area contributed by atoms with E-state index in [0.717, 1.165) is 23.7 Å². The number of rotatable bonds is 6. The molecule has 0 bridgehead atoms. The van der Waals surface area contributed by atoms with Crippen LogP contribution in [0.1, 0.15) is 16.6 Å². The fourth-order valence-electron chi connectivity index (χ4n) is 1.83. The summed E-state index contributed by atoms with van der Waals surface area (Å²) in [5, 5.41) is 4.05. The molecule has 1 saturated heterocycles. The van der Waals surface area contributed by atoms with E-state index in [4.69, 9.17) is 14.2 Å². The zero-order valence-electron chi connectivity index (χ0n) is 11.4. The van der Waals surface area contributed by atoms with Crippen molar-refractivity contribution in [3.63, 3.8) is 0 Å². The monoisotopic (exact) mass is 306 g/mol. The number of carbonyl (C=O) groups excluding carboxylic acids is 1. The minimum atomic E-state index is -0.414. The molecule has 2 heterocycles. The topological polar surface area (TPSA) is 73.8 Å². The largest absolute Gasteiger partial charge is 0.490 e. The Kier molecular flexibility index (Phi) is 4.12. The van der Waals surface area contributed by atoms with Crippen LogP contribution < -0.4 is 4.74 Å². The van der Waals surface area contributed by atoms with Gasteiger partial charge in [0.15, 0.2) is 4.88 Å². The van der Waals surface area contributed by atoms with Crippen LogP contribution in [0.4, 0.5) is 0 Å². The molecule has 0 radical (unpaired) electrons. The number of aromatic nitrogens is 2. The Hall–Kier alpha value is -1.99. The van der Waals surface area contributed by atoms with E-state index in [9.17, 15) is 4.79 Å². The van der Waals surface area contributed by atoms with Gasteiger partial charge in [0.1, 0.15) is 24.2 Å². The number of carbonyl (C=O) groups is 1. The van der Waals surface area contributed by atoms with Crippen molar-refractivity contribution in [1.29, 1.82) is 0 Å². The molecule has 1 aliphatic rings. The molecular formula is C14H14N2O4S. The Morgan fingerprint density at radius 1 is 1.48 bits per heavy atom. The summed E-state index contributed by atoms with van der Waals surface area (Å²) in [4.78, 5) is 12.3. The van der Waals surface area contributed by atoms with Gasteiger partial charge in [-0.2, -0.15) is 0 Å². The Balaban J connectivity index is 1.89. The van der Waals surface area contributed by atoms with Gasteiger partial charge >= 0.3 is 5.97 Å². The molecule has 0 N–H and O–H groups in total. The van der Waals surface area contributed by atoms with Crippen molar-refractivity contribution in [2.24, 2.45) is 0 Å². The zero-order chi connectivity index (χ0) is 14.7. The van der Waals surface area contributed by atoms with Gasteiger partial charge in [-0.05, 0) is 30.6 Å². The molecule has 21 heavy (non-hydrogen) atoms. The summed E-state index contributed by atoms with van der Waals surface area (Å²) >= 11 is 1.02. The molecule has 6 nitrogen and oxygen atoms in total. The van der Waals surface area contributed by atoms with Crippen LogP contribution in [0.2, 0.25) is 0 Å². The summed E-state index contributed by atoms with van der Waals surface area (Å²) in [6, 6.07) is 7.43. The molecule has 0 aliphatic carbocycles. The molecule has 3 rings (SSSR count). The maximum Gasteiger partial charge on any atom is 0.352 e. The molecule has 1 aliphatic heterocycles. The first kappa shape index (κ1) is 14.0. The quantitative estimate of drug-likeness (QED) is 0.601. The number of para-hydroxylation sites is 1. The molecule has 0 amide bonds. The van der Waals surface area contributed by atoms with Crippen molar-refractivity contribution in [2.75, 3.05) is 19.8 Å². The summed E-state index contributed by atoms with van der Waals surface area (Å²) in [6.07, 6.45) is 0.163. The van der Waals surface area contributed by atoms with Gasteiger partial charge in [-0.1, -0.05) is 16.6 Å². The molecule has 110 valence electrons. The predicted octanol–water partition coefficient (Wildman–Crippen LogP) is 2.16. The Bertz CT molecular complexity index is 639. The lowest BCUT2D eigenvalue weighted by molar-refractivity contribution is 0.0532. The number of esters is 1. The number of hydrogen-bond donors (Lipinski definition) is 0. The summed E-state index contributed by atoms with van der Waals surface area (Å²) in [5.74, 6) is 0.245. The molecule has 1 aromatic heterocycles. The number of hydrogen-bond acceptors (Lipinski definition) is 7. The highest BCUT2D eigenvalue weighted by Crippen LogP contribution is 2.33. The molecule has 2 aromatic rings. The Morgan fingerprint density at radius 2 is 2.29 bits per heavy atom. The second-order valence-electron chi connectivity index (χ2n) is 4.43. The van der Waals surface area contributed by atoms with Crippen LogP contribution in [0.15, 0.2) is 24.3 Å². The van der Waals surface area contributed by atoms with Crippen LogP contribution in [0.5, 0.6) is 5.75 Å². The van der Waals surface area contributed by atoms with Crippen LogP contribution in [0, 0.1) is 0 Å². The normalized spacial score (nSPS) is 16.5. The molecule has 7 heteroatoms. The lowest BCUT2D eigenvalue weighted by atomic mass is 10.1. The lowest BCUT2D eigenvalue weighted by Crippen LogP contribution is -2.07. The van der Waals surface area contributed by atoms with Gasteiger partial charge in [-0.25, -0.2) is 4.79 Å². The standard InChI is InChI=1S/C14H14N2O4S/c1-2-18-14(17)13-12(15-16-21-13)10-5-3-4-6-11(10)20-8-9-7-19-9/h3-6,9H,2,7-8H2,1H3. The van der Waals surface area contributed by atoms with Crippen molar-refractivity contribution in [3.05, 3.63) is 29.1 Å². The Morgan fingerprint density at radius 3 is 3.05 bits per heavy atom. The van der Waals surface area contributed by atoms with Crippen LogP contribution in [0.3, 0.4) is 0 Å². The van der Waals surface area contributed by atoms with Crippen molar-refractivity contribution in [3.8, 4) is 17.0 Å². The lowest BCUT2D eigenvalue weighted by Gasteiger charge is -2.09.